The number of nitrogens with two attached hydrogens (primary N) is 1. The molecular weight excluding hydrogens is 295 g/mol. The van der Waals surface area contributed by atoms with Gasteiger partial charge in [-0.05, 0) is 25.5 Å². The number of hydrogen-bond donors (Lipinski definition) is 2. The summed E-state index contributed by atoms with van der Waals surface area (Å²) in [6, 6.07) is 5.01. The zero-order chi connectivity index (χ0) is 13.0. The minimum atomic E-state index is -0.188. The van der Waals surface area contributed by atoms with E-state index in [-0.39, 0.29) is 30.4 Å². The summed E-state index contributed by atoms with van der Waals surface area (Å²) in [5, 5.41) is 3.79. The van der Waals surface area contributed by atoms with Crippen molar-refractivity contribution in [1.29, 1.82) is 0 Å². The summed E-state index contributed by atoms with van der Waals surface area (Å²) in [4.78, 5) is 11.6. The zero-order valence-corrected chi connectivity index (χ0v) is 12.6. The van der Waals surface area contributed by atoms with E-state index < -0.39 is 0 Å². The molecule has 2 unspecified atom stereocenters. The van der Waals surface area contributed by atoms with E-state index in [0.29, 0.717) is 16.5 Å². The van der Waals surface area contributed by atoms with Gasteiger partial charge in [0.25, 0.3) is 0 Å². The predicted octanol–water partition coefficient (Wildman–Crippen LogP) is 3.33. The first-order chi connectivity index (χ1) is 7.91. The van der Waals surface area contributed by atoms with Crippen molar-refractivity contribution in [3.05, 3.63) is 33.8 Å². The van der Waals surface area contributed by atoms with Gasteiger partial charge in [-0.25, -0.2) is 0 Å². The maximum absolute atomic E-state index is 11.6. The van der Waals surface area contributed by atoms with Crippen molar-refractivity contribution < 1.29 is 4.79 Å². The van der Waals surface area contributed by atoms with Gasteiger partial charge >= 0.3 is 0 Å². The Kier molecular flexibility index (Phi) is 7.64. The Labute approximate surface area is 123 Å². The van der Waals surface area contributed by atoms with Crippen molar-refractivity contribution in [2.75, 3.05) is 0 Å². The summed E-state index contributed by atoms with van der Waals surface area (Å²) in [5.41, 5.74) is 6.36. The number of nitrogens with one attached hydrogen (secondary N) is 1. The van der Waals surface area contributed by atoms with Gasteiger partial charge < -0.3 is 11.1 Å². The van der Waals surface area contributed by atoms with E-state index in [1.807, 2.05) is 13.0 Å². The van der Waals surface area contributed by atoms with Crippen LogP contribution in [0.1, 0.15) is 31.9 Å². The molecule has 6 heteroatoms. The topological polar surface area (TPSA) is 55.1 Å². The van der Waals surface area contributed by atoms with Crippen molar-refractivity contribution in [1.82, 2.24) is 5.32 Å². The van der Waals surface area contributed by atoms with Crippen LogP contribution in [0.5, 0.6) is 0 Å². The second-order valence-electron chi connectivity index (χ2n) is 4.11. The van der Waals surface area contributed by atoms with Crippen LogP contribution in [0.4, 0.5) is 0 Å². The van der Waals surface area contributed by atoms with Crippen LogP contribution in [-0.2, 0) is 4.79 Å². The highest BCUT2D eigenvalue weighted by Gasteiger charge is 2.14. The second kappa shape index (κ2) is 7.85. The van der Waals surface area contributed by atoms with Crippen LogP contribution >= 0.6 is 35.6 Å². The van der Waals surface area contributed by atoms with Crippen molar-refractivity contribution in [2.24, 2.45) is 5.73 Å². The van der Waals surface area contributed by atoms with Gasteiger partial charge in [0.2, 0.25) is 5.91 Å². The van der Waals surface area contributed by atoms with Crippen molar-refractivity contribution in [3.8, 4) is 0 Å². The smallest absolute Gasteiger partial charge is 0.222 e. The van der Waals surface area contributed by atoms with Crippen molar-refractivity contribution in [2.45, 2.75) is 32.4 Å². The molecule has 0 saturated carbocycles. The Balaban J connectivity index is 0.00000289. The van der Waals surface area contributed by atoms with Crippen LogP contribution in [0.25, 0.3) is 0 Å². The van der Waals surface area contributed by atoms with E-state index in [4.69, 9.17) is 28.9 Å². The molecule has 0 aromatic heterocycles. The maximum atomic E-state index is 11.6. The number of carbonyl (C=O) groups is 1. The van der Waals surface area contributed by atoms with E-state index >= 15 is 0 Å². The van der Waals surface area contributed by atoms with Gasteiger partial charge in [-0.15, -0.1) is 12.4 Å². The third kappa shape index (κ3) is 5.02. The normalized spacial score (nSPS) is 13.4. The molecule has 0 heterocycles. The van der Waals surface area contributed by atoms with Gasteiger partial charge in [0.05, 0.1) is 16.1 Å². The fourth-order valence-electron chi connectivity index (χ4n) is 1.53. The summed E-state index contributed by atoms with van der Waals surface area (Å²) in [6.45, 7) is 3.65. The molecule has 1 rings (SSSR count). The number of hydrogen-bond acceptors (Lipinski definition) is 2. The molecule has 1 amide bonds. The molecule has 2 atom stereocenters. The van der Waals surface area contributed by atoms with E-state index in [2.05, 4.69) is 5.32 Å². The number of halogens is 3. The summed E-state index contributed by atoms with van der Waals surface area (Å²) >= 11 is 12.0. The molecule has 0 bridgehead atoms. The first kappa shape index (κ1) is 17.5. The van der Waals surface area contributed by atoms with Gasteiger partial charge in [-0.2, -0.15) is 0 Å². The van der Waals surface area contributed by atoms with Crippen LogP contribution in [0.3, 0.4) is 0 Å². The number of amides is 1. The highest BCUT2D eigenvalue weighted by atomic mass is 35.5. The highest BCUT2D eigenvalue weighted by molar-refractivity contribution is 6.42. The molecule has 3 nitrogen and oxygen atoms in total. The third-order valence-corrected chi connectivity index (χ3v) is 3.17. The van der Waals surface area contributed by atoms with Gasteiger partial charge in [0, 0.05) is 12.5 Å². The lowest BCUT2D eigenvalue weighted by Crippen LogP contribution is -2.31. The third-order valence-electron chi connectivity index (χ3n) is 2.33. The van der Waals surface area contributed by atoms with Crippen LogP contribution < -0.4 is 11.1 Å². The van der Waals surface area contributed by atoms with Crippen LogP contribution in [0.15, 0.2) is 18.2 Å². The zero-order valence-electron chi connectivity index (χ0n) is 10.2. The Hall–Kier alpha value is -0.480. The molecule has 0 fully saturated rings. The molecule has 1 aromatic rings. The van der Waals surface area contributed by atoms with E-state index in [0.717, 1.165) is 5.56 Å². The quantitative estimate of drug-likeness (QED) is 0.896. The molecule has 0 aliphatic rings. The average molecular weight is 312 g/mol. The average Bonchev–Trinajstić information content (AvgIpc) is 2.20. The van der Waals surface area contributed by atoms with Crippen molar-refractivity contribution >= 4 is 41.5 Å². The minimum absolute atomic E-state index is 0. The monoisotopic (exact) mass is 310 g/mol. The number of carbonyl (C=O) groups excluding carboxylic acids is 1. The summed E-state index contributed by atoms with van der Waals surface area (Å²) in [7, 11) is 0. The Morgan fingerprint density at radius 3 is 2.56 bits per heavy atom. The van der Waals surface area contributed by atoms with E-state index in [9.17, 15) is 4.79 Å². The summed E-state index contributed by atoms with van der Waals surface area (Å²) in [6.07, 6.45) is 0.294. The largest absolute Gasteiger partial charge is 0.349 e. The molecular formula is C12H17Cl3N2O. The highest BCUT2D eigenvalue weighted by Crippen LogP contribution is 2.29. The molecule has 18 heavy (non-hydrogen) atoms. The molecule has 0 aliphatic heterocycles. The van der Waals surface area contributed by atoms with Crippen LogP contribution in [0.2, 0.25) is 10.0 Å². The summed E-state index contributed by atoms with van der Waals surface area (Å²) in [5.74, 6) is -0.0939. The SMILES string of the molecule is CC(N)CC(=O)NC(C)c1cccc(Cl)c1Cl.Cl. The molecule has 0 aliphatic carbocycles. The lowest BCUT2D eigenvalue weighted by Gasteiger charge is -2.17. The summed E-state index contributed by atoms with van der Waals surface area (Å²) < 4.78 is 0. The molecule has 0 saturated heterocycles. The molecule has 0 radical (unpaired) electrons. The molecule has 3 N–H and O–H groups in total. The second-order valence-corrected chi connectivity index (χ2v) is 4.90. The lowest BCUT2D eigenvalue weighted by atomic mass is 10.1. The standard InChI is InChI=1S/C12H16Cl2N2O.ClH/c1-7(15)6-11(17)16-8(2)9-4-3-5-10(13)12(9)14;/h3-5,7-8H,6,15H2,1-2H3,(H,16,17);1H. The van der Waals surface area contributed by atoms with Crippen LogP contribution in [-0.4, -0.2) is 11.9 Å². The lowest BCUT2D eigenvalue weighted by molar-refractivity contribution is -0.121. The Bertz CT molecular complexity index is 410. The first-order valence-corrected chi connectivity index (χ1v) is 6.16. The Morgan fingerprint density at radius 1 is 1.39 bits per heavy atom. The molecule has 102 valence electrons. The fraction of sp³-hybridized carbons (Fsp3) is 0.417. The number of benzene rings is 1. The molecule has 1 aromatic carbocycles. The van der Waals surface area contributed by atoms with Gasteiger partial charge in [-0.3, -0.25) is 4.79 Å². The van der Waals surface area contributed by atoms with Crippen LogP contribution in [0, 0.1) is 0 Å². The van der Waals surface area contributed by atoms with Gasteiger partial charge in [0.15, 0.2) is 0 Å². The minimum Gasteiger partial charge on any atom is -0.349 e. The fourth-order valence-corrected chi connectivity index (χ4v) is 2.00. The van der Waals surface area contributed by atoms with Gasteiger partial charge in [0.1, 0.15) is 0 Å². The maximum Gasteiger partial charge on any atom is 0.222 e. The van der Waals surface area contributed by atoms with Gasteiger partial charge in [-0.1, -0.05) is 35.3 Å². The first-order valence-electron chi connectivity index (χ1n) is 5.40. The molecule has 0 spiro atoms. The van der Waals surface area contributed by atoms with E-state index in [1.165, 1.54) is 0 Å². The number of rotatable bonds is 4. The van der Waals surface area contributed by atoms with Crippen molar-refractivity contribution in [3.63, 3.8) is 0 Å². The predicted molar refractivity (Wildman–Crippen MR) is 78.5 cm³/mol. The Morgan fingerprint density at radius 2 is 2.00 bits per heavy atom. The van der Waals surface area contributed by atoms with E-state index in [1.54, 1.807) is 19.1 Å².